The van der Waals surface area contributed by atoms with Crippen molar-refractivity contribution >= 4 is 11.6 Å². The van der Waals surface area contributed by atoms with E-state index in [1.807, 2.05) is 35.2 Å². The molecule has 0 saturated carbocycles. The average molecular weight is 436 g/mol. The lowest BCUT2D eigenvalue weighted by atomic mass is 9.98. The van der Waals surface area contributed by atoms with Gasteiger partial charge in [0, 0.05) is 30.3 Å². The SMILES string of the molecule is CCCCOc1ccc2c(c1)CCN(c1ccc(O[C@H]3C[C@H]4CC[C@@H](C3)N4C)nc1)C2=O. The van der Waals surface area contributed by atoms with Gasteiger partial charge in [0.1, 0.15) is 11.9 Å². The van der Waals surface area contributed by atoms with Crippen molar-refractivity contribution in [3.8, 4) is 11.6 Å². The molecule has 5 rings (SSSR count). The van der Waals surface area contributed by atoms with E-state index in [-0.39, 0.29) is 12.0 Å². The van der Waals surface area contributed by atoms with Crippen LogP contribution in [0, 0.1) is 0 Å². The van der Waals surface area contributed by atoms with Crippen LogP contribution in [0.15, 0.2) is 36.5 Å². The van der Waals surface area contributed by atoms with Gasteiger partial charge in [-0.1, -0.05) is 13.3 Å². The van der Waals surface area contributed by atoms with Crippen LogP contribution in [-0.2, 0) is 6.42 Å². The summed E-state index contributed by atoms with van der Waals surface area (Å²) in [5.74, 6) is 1.53. The molecule has 0 N–H and O–H groups in total. The highest BCUT2D eigenvalue weighted by Crippen LogP contribution is 2.36. The summed E-state index contributed by atoms with van der Waals surface area (Å²) >= 11 is 0. The van der Waals surface area contributed by atoms with Gasteiger partial charge in [0.25, 0.3) is 5.91 Å². The van der Waals surface area contributed by atoms with Crippen LogP contribution in [0.25, 0.3) is 0 Å². The molecular weight excluding hydrogens is 402 g/mol. The highest BCUT2D eigenvalue weighted by atomic mass is 16.5. The number of pyridine rings is 1. The van der Waals surface area contributed by atoms with Gasteiger partial charge in [0.2, 0.25) is 5.88 Å². The van der Waals surface area contributed by atoms with E-state index < -0.39 is 0 Å². The zero-order valence-corrected chi connectivity index (χ0v) is 19.1. The Bertz CT molecular complexity index is 947. The molecule has 0 radical (unpaired) electrons. The quantitative estimate of drug-likeness (QED) is 0.601. The molecule has 2 aromatic rings. The van der Waals surface area contributed by atoms with Crippen molar-refractivity contribution in [1.82, 2.24) is 9.88 Å². The number of ether oxygens (including phenoxy) is 2. The molecule has 0 unspecified atom stereocenters. The highest BCUT2D eigenvalue weighted by molar-refractivity contribution is 6.08. The van der Waals surface area contributed by atoms with Gasteiger partial charge in [-0.15, -0.1) is 0 Å². The molecule has 0 spiro atoms. The molecule has 0 aliphatic carbocycles. The Morgan fingerprint density at radius 2 is 1.94 bits per heavy atom. The van der Waals surface area contributed by atoms with Gasteiger partial charge in [-0.25, -0.2) is 4.98 Å². The fourth-order valence-corrected chi connectivity index (χ4v) is 5.37. The number of hydrogen-bond donors (Lipinski definition) is 0. The summed E-state index contributed by atoms with van der Waals surface area (Å²) in [6, 6.07) is 11.0. The van der Waals surface area contributed by atoms with Crippen molar-refractivity contribution in [2.24, 2.45) is 0 Å². The molecule has 2 bridgehead atoms. The summed E-state index contributed by atoms with van der Waals surface area (Å²) in [5, 5.41) is 0. The number of aromatic nitrogens is 1. The number of benzene rings is 1. The van der Waals surface area contributed by atoms with Crippen LogP contribution in [0.5, 0.6) is 11.6 Å². The summed E-state index contributed by atoms with van der Waals surface area (Å²) in [5.41, 5.74) is 2.63. The number of piperidine rings is 1. The monoisotopic (exact) mass is 435 g/mol. The van der Waals surface area contributed by atoms with Gasteiger partial charge in [-0.3, -0.25) is 4.79 Å². The highest BCUT2D eigenvalue weighted by Gasteiger charge is 2.39. The van der Waals surface area contributed by atoms with Crippen molar-refractivity contribution < 1.29 is 14.3 Å². The molecule has 32 heavy (non-hydrogen) atoms. The number of anilines is 1. The van der Waals surface area contributed by atoms with Crippen LogP contribution in [0.3, 0.4) is 0 Å². The van der Waals surface area contributed by atoms with Crippen molar-refractivity contribution in [1.29, 1.82) is 0 Å². The molecule has 4 heterocycles. The topological polar surface area (TPSA) is 54.9 Å². The lowest BCUT2D eigenvalue weighted by molar-refractivity contribution is 0.0632. The van der Waals surface area contributed by atoms with E-state index in [9.17, 15) is 4.79 Å². The number of rotatable bonds is 7. The van der Waals surface area contributed by atoms with Crippen molar-refractivity contribution in [3.05, 3.63) is 47.7 Å². The largest absolute Gasteiger partial charge is 0.494 e. The molecule has 3 aliphatic heterocycles. The second-order valence-electron chi connectivity index (χ2n) is 9.34. The second-order valence-corrected chi connectivity index (χ2v) is 9.34. The average Bonchev–Trinajstić information content (AvgIpc) is 3.01. The molecule has 170 valence electrons. The van der Waals surface area contributed by atoms with Crippen molar-refractivity contribution in [2.45, 2.75) is 70.1 Å². The zero-order chi connectivity index (χ0) is 22.1. The predicted octanol–water partition coefficient (Wildman–Crippen LogP) is 4.47. The number of hydrogen-bond acceptors (Lipinski definition) is 5. The molecular formula is C26H33N3O3. The standard InChI is InChI=1S/C26H33N3O3/c1-3-4-13-31-22-8-9-24-18(14-22)11-12-29(26(24)30)21-7-10-25(27-17-21)32-23-15-19-5-6-20(16-23)28(19)2/h7-10,14,17,19-20,23H,3-6,11-13,15-16H2,1-2H3/t19-,20+,23+. The third kappa shape index (κ3) is 4.20. The predicted molar refractivity (Wildman–Crippen MR) is 125 cm³/mol. The van der Waals surface area contributed by atoms with E-state index in [4.69, 9.17) is 9.47 Å². The van der Waals surface area contributed by atoms with E-state index in [1.54, 1.807) is 6.20 Å². The van der Waals surface area contributed by atoms with Crippen LogP contribution in [0.2, 0.25) is 0 Å². The Balaban J connectivity index is 1.23. The summed E-state index contributed by atoms with van der Waals surface area (Å²) in [6.45, 7) is 3.51. The van der Waals surface area contributed by atoms with Gasteiger partial charge < -0.3 is 19.3 Å². The smallest absolute Gasteiger partial charge is 0.258 e. The normalized spacial score (nSPS) is 25.0. The fraction of sp³-hybridized carbons (Fsp3) is 0.538. The second kappa shape index (κ2) is 9.10. The van der Waals surface area contributed by atoms with Crippen LogP contribution >= 0.6 is 0 Å². The van der Waals surface area contributed by atoms with Crippen LogP contribution in [0.1, 0.15) is 61.4 Å². The molecule has 6 heteroatoms. The Morgan fingerprint density at radius 1 is 1.12 bits per heavy atom. The van der Waals surface area contributed by atoms with Crippen LogP contribution in [0.4, 0.5) is 5.69 Å². The maximum atomic E-state index is 13.1. The third-order valence-corrected chi connectivity index (χ3v) is 7.30. The number of fused-ring (bicyclic) bond motifs is 3. The van der Waals surface area contributed by atoms with Crippen molar-refractivity contribution in [2.75, 3.05) is 25.1 Å². The molecule has 1 aromatic carbocycles. The maximum Gasteiger partial charge on any atom is 0.258 e. The first-order valence-electron chi connectivity index (χ1n) is 12.0. The molecule has 3 aliphatic rings. The molecule has 2 saturated heterocycles. The van der Waals surface area contributed by atoms with Crippen molar-refractivity contribution in [3.63, 3.8) is 0 Å². The van der Waals surface area contributed by atoms with E-state index in [1.165, 1.54) is 12.8 Å². The Morgan fingerprint density at radius 3 is 2.66 bits per heavy atom. The van der Waals surface area contributed by atoms with Gasteiger partial charge >= 0.3 is 0 Å². The minimum Gasteiger partial charge on any atom is -0.494 e. The maximum absolute atomic E-state index is 13.1. The Hall–Kier alpha value is -2.60. The van der Waals surface area contributed by atoms with Gasteiger partial charge in [0.15, 0.2) is 0 Å². The third-order valence-electron chi connectivity index (χ3n) is 7.30. The van der Waals surface area contributed by atoms with Crippen LogP contribution in [-0.4, -0.2) is 54.2 Å². The first-order chi connectivity index (χ1) is 15.6. The van der Waals surface area contributed by atoms with Gasteiger partial charge in [0.05, 0.1) is 18.5 Å². The molecule has 1 aromatic heterocycles. The summed E-state index contributed by atoms with van der Waals surface area (Å²) in [6.07, 6.45) is 9.65. The van der Waals surface area contributed by atoms with E-state index in [2.05, 4.69) is 23.9 Å². The first-order valence-corrected chi connectivity index (χ1v) is 12.0. The number of unbranched alkanes of at least 4 members (excludes halogenated alkanes) is 1. The van der Waals surface area contributed by atoms with E-state index in [0.717, 1.165) is 54.7 Å². The minimum atomic E-state index is 0.0220. The molecule has 3 atom stereocenters. The number of nitrogens with zero attached hydrogens (tertiary/aromatic N) is 3. The number of carbonyl (C=O) groups is 1. The summed E-state index contributed by atoms with van der Waals surface area (Å²) < 4.78 is 12.0. The molecule has 6 nitrogen and oxygen atoms in total. The van der Waals surface area contributed by atoms with E-state index >= 15 is 0 Å². The number of carbonyl (C=O) groups excluding carboxylic acids is 1. The molecule has 1 amide bonds. The summed E-state index contributed by atoms with van der Waals surface area (Å²) in [7, 11) is 2.24. The van der Waals surface area contributed by atoms with Gasteiger partial charge in [-0.05, 0) is 75.4 Å². The lowest BCUT2D eigenvalue weighted by Crippen LogP contribution is -2.43. The Kier molecular flexibility index (Phi) is 6.05. The van der Waals surface area contributed by atoms with Crippen LogP contribution < -0.4 is 14.4 Å². The minimum absolute atomic E-state index is 0.0220. The summed E-state index contributed by atoms with van der Waals surface area (Å²) in [4.78, 5) is 22.0. The zero-order valence-electron chi connectivity index (χ0n) is 19.1. The molecule has 2 fully saturated rings. The van der Waals surface area contributed by atoms with Gasteiger partial charge in [-0.2, -0.15) is 0 Å². The Labute approximate surface area is 190 Å². The first kappa shape index (κ1) is 21.3. The van der Waals surface area contributed by atoms with E-state index in [0.29, 0.717) is 31.1 Å². The lowest BCUT2D eigenvalue weighted by Gasteiger charge is -2.36. The number of amides is 1. The fourth-order valence-electron chi connectivity index (χ4n) is 5.37.